The number of hydrogen-bond donors (Lipinski definition) is 2. The number of likely N-dealkylation sites (tertiary alicyclic amines) is 1. The van der Waals surface area contributed by atoms with Crippen LogP contribution in [0.3, 0.4) is 0 Å². The minimum absolute atomic E-state index is 0.280. The average Bonchev–Trinajstić information content (AvgIpc) is 2.63. The topological polar surface area (TPSA) is 55.8 Å². The summed E-state index contributed by atoms with van der Waals surface area (Å²) in [4.78, 5) is 15.4. The quantitative estimate of drug-likeness (QED) is 0.837. The summed E-state index contributed by atoms with van der Waals surface area (Å²) in [5.41, 5.74) is 0. The maximum Gasteiger partial charge on any atom is 0.304 e. The zero-order chi connectivity index (χ0) is 17.9. The van der Waals surface area contributed by atoms with Crippen molar-refractivity contribution < 1.29 is 9.90 Å². The molecule has 0 aliphatic carbocycles. The molecule has 5 nitrogen and oxygen atoms in total. The number of carboxylic acids is 1. The van der Waals surface area contributed by atoms with Crippen LogP contribution in [-0.4, -0.2) is 73.2 Å². The van der Waals surface area contributed by atoms with Crippen LogP contribution in [0.4, 0.5) is 0 Å². The van der Waals surface area contributed by atoms with Crippen molar-refractivity contribution in [1.29, 1.82) is 0 Å². The number of nitrogens with one attached hydrogen (secondary N) is 1. The van der Waals surface area contributed by atoms with E-state index in [9.17, 15) is 4.79 Å². The van der Waals surface area contributed by atoms with Gasteiger partial charge in [-0.3, -0.25) is 4.79 Å². The molecule has 2 saturated heterocycles. The van der Waals surface area contributed by atoms with Crippen LogP contribution in [0.25, 0.3) is 0 Å². The molecule has 2 aliphatic heterocycles. The molecule has 0 bridgehead atoms. The Labute approximate surface area is 155 Å². The summed E-state index contributed by atoms with van der Waals surface area (Å²) >= 11 is 5.54. The third kappa shape index (κ3) is 8.68. The van der Waals surface area contributed by atoms with Crippen molar-refractivity contribution in [2.45, 2.75) is 19.3 Å². The highest BCUT2D eigenvalue weighted by Gasteiger charge is 2.22. The summed E-state index contributed by atoms with van der Waals surface area (Å²) in [7, 11) is 0. The molecule has 2 aliphatic rings. The zero-order valence-electron chi connectivity index (χ0n) is 14.9. The van der Waals surface area contributed by atoms with Gasteiger partial charge in [-0.2, -0.15) is 0 Å². The molecule has 2 N–H and O–H groups in total. The average molecular weight is 368 g/mol. The maximum atomic E-state index is 10.5. The van der Waals surface area contributed by atoms with Gasteiger partial charge in [-0.05, 0) is 44.0 Å². The van der Waals surface area contributed by atoms with Crippen LogP contribution in [0.15, 0.2) is 30.3 Å². The number of carbonyl (C=O) groups is 1. The predicted molar refractivity (Wildman–Crippen MR) is 102 cm³/mol. The van der Waals surface area contributed by atoms with E-state index in [-0.39, 0.29) is 6.42 Å². The van der Waals surface area contributed by atoms with E-state index in [0.717, 1.165) is 43.7 Å². The lowest BCUT2D eigenvalue weighted by molar-refractivity contribution is -0.137. The van der Waals surface area contributed by atoms with Crippen LogP contribution in [0.5, 0.6) is 0 Å². The smallest absolute Gasteiger partial charge is 0.304 e. The molecule has 3 rings (SSSR count). The highest BCUT2D eigenvalue weighted by molar-refractivity contribution is 6.30. The van der Waals surface area contributed by atoms with Crippen molar-refractivity contribution in [2.24, 2.45) is 5.92 Å². The molecule has 140 valence electrons. The van der Waals surface area contributed by atoms with Gasteiger partial charge in [0.05, 0.1) is 6.42 Å². The second kappa shape index (κ2) is 11.5. The number of carboxylic acid groups (broad SMARTS) is 1. The van der Waals surface area contributed by atoms with Crippen LogP contribution in [0.2, 0.25) is 5.02 Å². The Bertz CT molecular complexity index is 487. The zero-order valence-corrected chi connectivity index (χ0v) is 15.6. The van der Waals surface area contributed by atoms with Crippen molar-refractivity contribution in [3.63, 3.8) is 0 Å². The fraction of sp³-hybridized carbons (Fsp3) is 0.632. The van der Waals surface area contributed by atoms with Gasteiger partial charge in [0.2, 0.25) is 0 Å². The summed E-state index contributed by atoms with van der Waals surface area (Å²) in [5.74, 6) is 0.127. The van der Waals surface area contributed by atoms with Crippen LogP contribution >= 0.6 is 11.6 Å². The molecule has 0 atom stereocenters. The Balaban J connectivity index is 0.000000269. The van der Waals surface area contributed by atoms with Crippen molar-refractivity contribution >= 4 is 17.6 Å². The largest absolute Gasteiger partial charge is 0.481 e. The molecule has 25 heavy (non-hydrogen) atoms. The second-order valence-electron chi connectivity index (χ2n) is 6.77. The number of hydrogen-bond acceptors (Lipinski definition) is 4. The number of piperidine rings is 1. The van der Waals surface area contributed by atoms with Gasteiger partial charge in [0.25, 0.3) is 0 Å². The molecule has 1 aromatic carbocycles. The third-order valence-electron chi connectivity index (χ3n) is 4.81. The predicted octanol–water partition coefficient (Wildman–Crippen LogP) is 2.42. The molecular formula is C19H30ClN3O2. The van der Waals surface area contributed by atoms with Crippen LogP contribution in [0.1, 0.15) is 19.3 Å². The van der Waals surface area contributed by atoms with Gasteiger partial charge in [-0.25, -0.2) is 0 Å². The summed E-state index contributed by atoms with van der Waals surface area (Å²) in [5, 5.41) is 12.8. The summed E-state index contributed by atoms with van der Waals surface area (Å²) in [6, 6.07) is 9.44. The lowest BCUT2D eigenvalue weighted by Crippen LogP contribution is -2.47. The van der Waals surface area contributed by atoms with E-state index < -0.39 is 5.97 Å². The number of aliphatic carboxylic acids is 1. The minimum atomic E-state index is -0.682. The van der Waals surface area contributed by atoms with Crippen LogP contribution < -0.4 is 5.32 Å². The van der Waals surface area contributed by atoms with Gasteiger partial charge in [-0.1, -0.05) is 29.8 Å². The monoisotopic (exact) mass is 367 g/mol. The summed E-state index contributed by atoms with van der Waals surface area (Å²) in [6.07, 6.45) is 2.73. The molecule has 0 saturated carbocycles. The van der Waals surface area contributed by atoms with Crippen molar-refractivity contribution in [1.82, 2.24) is 15.1 Å². The first-order valence-electron chi connectivity index (χ1n) is 9.21. The number of piperazine rings is 1. The molecular weight excluding hydrogens is 338 g/mol. The van der Waals surface area contributed by atoms with Gasteiger partial charge >= 0.3 is 5.97 Å². The van der Waals surface area contributed by atoms with Crippen LogP contribution in [-0.2, 0) is 4.79 Å². The van der Waals surface area contributed by atoms with E-state index in [4.69, 9.17) is 16.7 Å². The van der Waals surface area contributed by atoms with Gasteiger partial charge in [-0.15, -0.1) is 0 Å². The molecule has 6 heteroatoms. The Kier molecular flexibility index (Phi) is 9.26. The first-order chi connectivity index (χ1) is 12.1. The van der Waals surface area contributed by atoms with E-state index in [1.165, 1.54) is 32.5 Å². The second-order valence-corrected chi connectivity index (χ2v) is 7.21. The molecule has 0 amide bonds. The standard InChI is InChI=1S/C13H25N3O2.C6H5Cl/c17-13(18)3-8-15-6-1-12(2-7-15)11-16-9-4-14-5-10-16;7-6-4-2-1-3-5-6/h12,14H,1-11H2,(H,17,18);1-5H. The van der Waals surface area contributed by atoms with Gasteiger partial charge in [0, 0.05) is 44.3 Å². The number of rotatable bonds is 5. The maximum absolute atomic E-state index is 10.5. The van der Waals surface area contributed by atoms with E-state index in [1.54, 1.807) is 0 Å². The highest BCUT2D eigenvalue weighted by Crippen LogP contribution is 2.18. The van der Waals surface area contributed by atoms with Crippen molar-refractivity contribution in [3.8, 4) is 0 Å². The van der Waals surface area contributed by atoms with E-state index in [1.807, 2.05) is 30.3 Å². The summed E-state index contributed by atoms with van der Waals surface area (Å²) in [6.45, 7) is 8.70. The first-order valence-corrected chi connectivity index (χ1v) is 9.59. The number of nitrogens with zero attached hydrogens (tertiary/aromatic N) is 2. The molecule has 0 spiro atoms. The van der Waals surface area contributed by atoms with Gasteiger partial charge in [0.1, 0.15) is 0 Å². The van der Waals surface area contributed by atoms with Gasteiger partial charge < -0.3 is 20.2 Å². The number of benzene rings is 1. The normalized spacial score (nSPS) is 19.9. The molecule has 0 aromatic heterocycles. The fourth-order valence-electron chi connectivity index (χ4n) is 3.32. The van der Waals surface area contributed by atoms with Crippen molar-refractivity contribution in [2.75, 3.05) is 52.4 Å². The number of halogens is 1. The van der Waals surface area contributed by atoms with Gasteiger partial charge in [0.15, 0.2) is 0 Å². The Morgan fingerprint density at radius 3 is 2.24 bits per heavy atom. The van der Waals surface area contributed by atoms with E-state index in [0.29, 0.717) is 0 Å². The SMILES string of the molecule is Clc1ccccc1.O=C(O)CCN1CCC(CN2CCNCC2)CC1. The molecule has 1 aromatic rings. The molecule has 0 unspecified atom stereocenters. The van der Waals surface area contributed by atoms with Crippen LogP contribution in [0, 0.1) is 5.92 Å². The Hall–Kier alpha value is -1.14. The Morgan fingerprint density at radius 1 is 1.08 bits per heavy atom. The van der Waals surface area contributed by atoms with Crippen molar-refractivity contribution in [3.05, 3.63) is 35.4 Å². The summed E-state index contributed by atoms with van der Waals surface area (Å²) < 4.78 is 0. The van der Waals surface area contributed by atoms with E-state index in [2.05, 4.69) is 15.1 Å². The minimum Gasteiger partial charge on any atom is -0.481 e. The Morgan fingerprint density at radius 2 is 1.72 bits per heavy atom. The highest BCUT2D eigenvalue weighted by atomic mass is 35.5. The lowest BCUT2D eigenvalue weighted by Gasteiger charge is -2.36. The molecule has 2 heterocycles. The third-order valence-corrected chi connectivity index (χ3v) is 5.06. The lowest BCUT2D eigenvalue weighted by atomic mass is 9.96. The molecule has 0 radical (unpaired) electrons. The van der Waals surface area contributed by atoms with E-state index >= 15 is 0 Å². The first kappa shape index (κ1) is 20.2. The molecule has 2 fully saturated rings. The fourth-order valence-corrected chi connectivity index (χ4v) is 3.47.